The van der Waals surface area contributed by atoms with E-state index in [0.717, 1.165) is 4.57 Å². The predicted molar refractivity (Wildman–Crippen MR) is 90.4 cm³/mol. The Balaban J connectivity index is 1.44. The van der Waals surface area contributed by atoms with Gasteiger partial charge in [0.25, 0.3) is 0 Å². The van der Waals surface area contributed by atoms with Gasteiger partial charge in [-0.3, -0.25) is 9.36 Å². The minimum Gasteiger partial charge on any atom is -0.441 e. The van der Waals surface area contributed by atoms with E-state index >= 15 is 0 Å². The van der Waals surface area contributed by atoms with Crippen LogP contribution in [0.1, 0.15) is 24.7 Å². The number of hydrogen-bond acceptors (Lipinski definition) is 4. The zero-order valence-electron chi connectivity index (χ0n) is 14.2. The van der Waals surface area contributed by atoms with Crippen LogP contribution in [0.2, 0.25) is 0 Å². The molecule has 0 spiro atoms. The number of benzene rings is 1. The summed E-state index contributed by atoms with van der Waals surface area (Å²) in [4.78, 5) is 19.8. The third-order valence-electron chi connectivity index (χ3n) is 3.88. The van der Waals surface area contributed by atoms with E-state index in [2.05, 4.69) is 15.3 Å². The minimum atomic E-state index is -2.65. The van der Waals surface area contributed by atoms with E-state index in [1.54, 1.807) is 12.1 Å². The molecule has 0 aliphatic rings. The molecule has 1 N–H and O–H groups in total. The lowest BCUT2D eigenvalue weighted by molar-refractivity contribution is -0.121. The van der Waals surface area contributed by atoms with Crippen LogP contribution in [-0.4, -0.2) is 27.0 Å². The molecule has 1 amide bonds. The molecule has 2 heterocycles. The van der Waals surface area contributed by atoms with Gasteiger partial charge < -0.3 is 9.73 Å². The molecular formula is C18H17F3N4O2. The maximum Gasteiger partial charge on any atom is 0.319 e. The van der Waals surface area contributed by atoms with Gasteiger partial charge in [0.2, 0.25) is 5.91 Å². The second-order valence-corrected chi connectivity index (χ2v) is 5.75. The maximum absolute atomic E-state index is 12.9. The molecule has 142 valence electrons. The van der Waals surface area contributed by atoms with E-state index in [1.165, 1.54) is 30.7 Å². The van der Waals surface area contributed by atoms with Gasteiger partial charge in [0.05, 0.1) is 6.20 Å². The average Bonchev–Trinajstić information content (AvgIpc) is 3.30. The lowest BCUT2D eigenvalue weighted by Crippen LogP contribution is -2.26. The largest absolute Gasteiger partial charge is 0.441 e. The summed E-state index contributed by atoms with van der Waals surface area (Å²) in [7, 11) is 0. The second kappa shape index (κ2) is 8.52. The van der Waals surface area contributed by atoms with Crippen molar-refractivity contribution in [3.8, 4) is 11.3 Å². The highest BCUT2D eigenvalue weighted by molar-refractivity contribution is 5.76. The Morgan fingerprint density at radius 2 is 1.96 bits per heavy atom. The van der Waals surface area contributed by atoms with Crippen molar-refractivity contribution in [1.82, 2.24) is 19.9 Å². The van der Waals surface area contributed by atoms with Gasteiger partial charge in [0.1, 0.15) is 11.6 Å². The van der Waals surface area contributed by atoms with Crippen LogP contribution in [0.5, 0.6) is 0 Å². The fourth-order valence-corrected chi connectivity index (χ4v) is 2.51. The molecule has 0 aliphatic heterocycles. The Kier molecular flexibility index (Phi) is 5.90. The first-order chi connectivity index (χ1) is 13.0. The smallest absolute Gasteiger partial charge is 0.319 e. The number of nitrogens with one attached hydrogen (secondary N) is 1. The number of aryl methyl sites for hydroxylation is 1. The highest BCUT2D eigenvalue weighted by Crippen LogP contribution is 2.21. The first-order valence-electron chi connectivity index (χ1n) is 8.30. The lowest BCUT2D eigenvalue weighted by Gasteiger charge is -2.07. The summed E-state index contributed by atoms with van der Waals surface area (Å²) in [5, 5.41) is 2.65. The molecule has 9 heteroatoms. The van der Waals surface area contributed by atoms with Gasteiger partial charge in [-0.1, -0.05) is 0 Å². The van der Waals surface area contributed by atoms with Crippen molar-refractivity contribution in [2.24, 2.45) is 0 Å². The molecule has 6 nitrogen and oxygen atoms in total. The Morgan fingerprint density at radius 3 is 2.70 bits per heavy atom. The molecule has 0 atom stereocenters. The number of aromatic nitrogens is 3. The standard InChI is InChI=1S/C18H17F3N4O2/c19-13-3-1-12(2-4-13)14-11-24-17(27-14)6-5-16(26)23-8-7-15-22-9-10-25(15)18(20)21/h1-4,9-11,18H,5-8H2,(H,23,26). The van der Waals surface area contributed by atoms with Crippen LogP contribution in [0, 0.1) is 5.82 Å². The molecule has 0 fully saturated rings. The molecule has 0 radical (unpaired) electrons. The first kappa shape index (κ1) is 18.7. The van der Waals surface area contributed by atoms with Gasteiger partial charge in [-0.15, -0.1) is 0 Å². The molecule has 0 unspecified atom stereocenters. The van der Waals surface area contributed by atoms with Crippen LogP contribution in [-0.2, 0) is 17.6 Å². The zero-order chi connectivity index (χ0) is 19.2. The highest BCUT2D eigenvalue weighted by Gasteiger charge is 2.12. The topological polar surface area (TPSA) is 73.0 Å². The number of alkyl halides is 2. The van der Waals surface area contributed by atoms with Crippen molar-refractivity contribution in [3.63, 3.8) is 0 Å². The lowest BCUT2D eigenvalue weighted by atomic mass is 10.2. The van der Waals surface area contributed by atoms with Gasteiger partial charge in [-0.25, -0.2) is 14.4 Å². The van der Waals surface area contributed by atoms with E-state index in [0.29, 0.717) is 23.6 Å². The molecule has 0 aliphatic carbocycles. The predicted octanol–water partition coefficient (Wildman–Crippen LogP) is 3.36. The third-order valence-corrected chi connectivity index (χ3v) is 3.88. The normalized spacial score (nSPS) is 11.1. The number of halogens is 3. The molecule has 0 bridgehead atoms. The van der Waals surface area contributed by atoms with Crippen LogP contribution in [0.3, 0.4) is 0 Å². The fraction of sp³-hybridized carbons (Fsp3) is 0.278. The number of rotatable bonds is 8. The highest BCUT2D eigenvalue weighted by atomic mass is 19.3. The van der Waals surface area contributed by atoms with Crippen molar-refractivity contribution >= 4 is 5.91 Å². The Hall–Kier alpha value is -3.10. The molecule has 0 saturated heterocycles. The van der Waals surface area contributed by atoms with Crippen LogP contribution in [0.4, 0.5) is 13.2 Å². The average molecular weight is 378 g/mol. The Labute approximate surface area is 153 Å². The second-order valence-electron chi connectivity index (χ2n) is 5.75. The summed E-state index contributed by atoms with van der Waals surface area (Å²) >= 11 is 0. The van der Waals surface area contributed by atoms with E-state index in [4.69, 9.17) is 4.42 Å². The molecule has 3 rings (SSSR count). The van der Waals surface area contributed by atoms with Gasteiger partial charge in [-0.2, -0.15) is 8.78 Å². The van der Waals surface area contributed by atoms with Gasteiger partial charge >= 0.3 is 6.55 Å². The van der Waals surface area contributed by atoms with Crippen molar-refractivity contribution < 1.29 is 22.4 Å². The number of carbonyl (C=O) groups excluding carboxylic acids is 1. The monoisotopic (exact) mass is 378 g/mol. The molecular weight excluding hydrogens is 361 g/mol. The Bertz CT molecular complexity index is 890. The maximum atomic E-state index is 12.9. The molecule has 1 aromatic carbocycles. The van der Waals surface area contributed by atoms with Crippen LogP contribution in [0.15, 0.2) is 47.3 Å². The zero-order valence-corrected chi connectivity index (χ0v) is 14.2. The SMILES string of the molecule is O=C(CCc1ncc(-c2ccc(F)cc2)o1)NCCc1nccn1C(F)F. The van der Waals surface area contributed by atoms with E-state index in [-0.39, 0.29) is 36.9 Å². The summed E-state index contributed by atoms with van der Waals surface area (Å²) in [5.74, 6) is 0.502. The van der Waals surface area contributed by atoms with E-state index in [1.807, 2.05) is 0 Å². The minimum absolute atomic E-state index is 0.145. The fourth-order valence-electron chi connectivity index (χ4n) is 2.51. The Morgan fingerprint density at radius 1 is 1.19 bits per heavy atom. The third kappa shape index (κ3) is 4.96. The molecule has 27 heavy (non-hydrogen) atoms. The summed E-state index contributed by atoms with van der Waals surface area (Å²) < 4.78 is 44.7. The molecule has 3 aromatic rings. The van der Waals surface area contributed by atoms with Crippen molar-refractivity contribution in [3.05, 3.63) is 60.4 Å². The first-order valence-corrected chi connectivity index (χ1v) is 8.30. The van der Waals surface area contributed by atoms with Gasteiger partial charge in [-0.05, 0) is 24.3 Å². The van der Waals surface area contributed by atoms with Crippen LogP contribution in [0.25, 0.3) is 11.3 Å². The quantitative estimate of drug-likeness (QED) is 0.652. The number of oxazole rings is 1. The summed E-state index contributed by atoms with van der Waals surface area (Å²) in [6.07, 6.45) is 4.65. The van der Waals surface area contributed by atoms with Gasteiger partial charge in [0, 0.05) is 43.8 Å². The summed E-state index contributed by atoms with van der Waals surface area (Å²) in [6, 6.07) is 5.81. The molecule has 0 saturated carbocycles. The van der Waals surface area contributed by atoms with Gasteiger partial charge in [0.15, 0.2) is 11.7 Å². The summed E-state index contributed by atoms with van der Waals surface area (Å²) in [5.41, 5.74) is 0.689. The van der Waals surface area contributed by atoms with Crippen LogP contribution < -0.4 is 5.32 Å². The number of hydrogen-bond donors (Lipinski definition) is 1. The van der Waals surface area contributed by atoms with E-state index in [9.17, 15) is 18.0 Å². The number of nitrogens with zero attached hydrogens (tertiary/aromatic N) is 3. The summed E-state index contributed by atoms with van der Waals surface area (Å²) in [6.45, 7) is -2.45. The van der Waals surface area contributed by atoms with Crippen LogP contribution >= 0.6 is 0 Å². The number of carbonyl (C=O) groups is 1. The van der Waals surface area contributed by atoms with Crippen molar-refractivity contribution in [1.29, 1.82) is 0 Å². The van der Waals surface area contributed by atoms with E-state index < -0.39 is 6.55 Å². The van der Waals surface area contributed by atoms with Crippen molar-refractivity contribution in [2.75, 3.05) is 6.54 Å². The molecule has 2 aromatic heterocycles. The number of amides is 1. The van der Waals surface area contributed by atoms with Crippen molar-refractivity contribution in [2.45, 2.75) is 25.8 Å². The number of imidazole rings is 1.